The van der Waals surface area contributed by atoms with Gasteiger partial charge in [-0.05, 0) is 18.9 Å². The molecule has 2 heterocycles. The van der Waals surface area contributed by atoms with E-state index < -0.39 is 18.1 Å². The Morgan fingerprint density at radius 1 is 1.38 bits per heavy atom. The zero-order chi connectivity index (χ0) is 19.5. The van der Waals surface area contributed by atoms with Gasteiger partial charge in [0, 0.05) is 11.6 Å². The third-order valence-corrected chi connectivity index (χ3v) is 4.15. The molecule has 2 unspecified atom stereocenters. The number of carbonyl (C=O) groups is 2. The molecule has 7 nitrogen and oxygen atoms in total. The van der Waals surface area contributed by atoms with Crippen molar-refractivity contribution in [3.05, 3.63) is 30.0 Å². The number of likely N-dealkylation sites (N-methyl/N-ethyl adjacent to an activating group) is 1. The highest BCUT2D eigenvalue weighted by Gasteiger charge is 2.28. The summed E-state index contributed by atoms with van der Waals surface area (Å²) in [6.45, 7) is 2.31. The minimum absolute atomic E-state index is 0.415. The number of primary amides is 1. The zero-order valence-electron chi connectivity index (χ0n) is 14.0. The number of amides is 1. The average molecular weight is 372 g/mol. The molecule has 2 atom stereocenters. The van der Waals surface area contributed by atoms with Crippen LogP contribution in [-0.4, -0.2) is 48.0 Å². The first-order valence-corrected chi connectivity index (χ1v) is 7.96. The summed E-state index contributed by atoms with van der Waals surface area (Å²) in [7, 11) is 2.21. The highest BCUT2D eigenvalue weighted by molar-refractivity contribution is 6.04. The van der Waals surface area contributed by atoms with Gasteiger partial charge in [-0.15, -0.1) is 0 Å². The predicted molar refractivity (Wildman–Crippen MR) is 84.2 cm³/mol. The number of piperidine rings is 1. The molecular formula is C16H19F3N4O3. The summed E-state index contributed by atoms with van der Waals surface area (Å²) < 4.78 is 33.6. The van der Waals surface area contributed by atoms with Crippen molar-refractivity contribution in [1.82, 2.24) is 9.78 Å². The second kappa shape index (κ2) is 7.73. The Balaban J connectivity index is 0.000000298. The number of rotatable bonds is 2. The second-order valence-corrected chi connectivity index (χ2v) is 6.21. The van der Waals surface area contributed by atoms with Crippen LogP contribution < -0.4 is 15.7 Å². The third kappa shape index (κ3) is 4.72. The van der Waals surface area contributed by atoms with Crippen LogP contribution in [0.15, 0.2) is 24.4 Å². The van der Waals surface area contributed by atoms with Gasteiger partial charge in [0.1, 0.15) is 17.5 Å². The number of nitrogens with two attached hydrogens (primary N) is 1. The number of quaternary nitrogens is 1. The first-order chi connectivity index (χ1) is 12.1. The summed E-state index contributed by atoms with van der Waals surface area (Å²) in [6.07, 6.45) is -0.794. The first kappa shape index (κ1) is 19.7. The van der Waals surface area contributed by atoms with Gasteiger partial charge in [-0.1, -0.05) is 12.1 Å². The van der Waals surface area contributed by atoms with E-state index in [-0.39, 0.29) is 0 Å². The number of hydrogen-bond donors (Lipinski definition) is 2. The van der Waals surface area contributed by atoms with Crippen LogP contribution in [0, 0.1) is 0 Å². The SMILES string of the molecule is C[NH+]1CCCC(n2cc3cccc(C(N)=O)c3n2)C1.O=C([O-])C(F)(F)F. The lowest BCUT2D eigenvalue weighted by atomic mass is 10.1. The van der Waals surface area contributed by atoms with Gasteiger partial charge in [0.2, 0.25) is 0 Å². The molecule has 3 rings (SSSR count). The molecule has 0 radical (unpaired) electrons. The Hall–Kier alpha value is -2.62. The lowest BCUT2D eigenvalue weighted by Crippen LogP contribution is -3.10. The van der Waals surface area contributed by atoms with Crippen LogP contribution >= 0.6 is 0 Å². The van der Waals surface area contributed by atoms with Crippen molar-refractivity contribution in [2.75, 3.05) is 20.1 Å². The van der Waals surface area contributed by atoms with E-state index in [4.69, 9.17) is 15.6 Å². The van der Waals surface area contributed by atoms with E-state index in [9.17, 15) is 18.0 Å². The summed E-state index contributed by atoms with van der Waals surface area (Å²) in [5.74, 6) is -3.42. The van der Waals surface area contributed by atoms with Gasteiger partial charge in [-0.25, -0.2) is 0 Å². The highest BCUT2D eigenvalue weighted by Crippen LogP contribution is 2.21. The number of carboxylic acid groups (broad SMARTS) is 1. The van der Waals surface area contributed by atoms with Crippen molar-refractivity contribution in [3.63, 3.8) is 0 Å². The van der Waals surface area contributed by atoms with Crippen molar-refractivity contribution in [1.29, 1.82) is 0 Å². The van der Waals surface area contributed by atoms with E-state index in [0.717, 1.165) is 23.9 Å². The van der Waals surface area contributed by atoms with E-state index in [1.165, 1.54) is 17.9 Å². The minimum Gasteiger partial charge on any atom is -0.542 e. The molecule has 0 aliphatic carbocycles. The van der Waals surface area contributed by atoms with Gasteiger partial charge in [0.25, 0.3) is 5.91 Å². The number of carbonyl (C=O) groups excluding carboxylic acids is 2. The van der Waals surface area contributed by atoms with Gasteiger partial charge in [-0.2, -0.15) is 18.3 Å². The molecule has 26 heavy (non-hydrogen) atoms. The van der Waals surface area contributed by atoms with Gasteiger partial charge < -0.3 is 20.5 Å². The van der Waals surface area contributed by atoms with Crippen LogP contribution in [0.4, 0.5) is 13.2 Å². The van der Waals surface area contributed by atoms with Gasteiger partial charge in [0.05, 0.1) is 25.7 Å². The molecule has 3 N–H and O–H groups in total. The maximum atomic E-state index is 11.4. The molecule has 1 aliphatic rings. The summed E-state index contributed by atoms with van der Waals surface area (Å²) in [5.41, 5.74) is 6.63. The number of likely N-dealkylation sites (tertiary alicyclic amines) is 1. The van der Waals surface area contributed by atoms with Gasteiger partial charge >= 0.3 is 6.18 Å². The van der Waals surface area contributed by atoms with Crippen LogP contribution in [0.2, 0.25) is 0 Å². The number of fused-ring (bicyclic) bond motifs is 1. The molecule has 0 bridgehead atoms. The van der Waals surface area contributed by atoms with Crippen LogP contribution in [0.1, 0.15) is 29.2 Å². The number of alkyl halides is 3. The number of hydrogen-bond acceptors (Lipinski definition) is 4. The highest BCUT2D eigenvalue weighted by atomic mass is 19.4. The lowest BCUT2D eigenvalue weighted by molar-refractivity contribution is -0.887. The fourth-order valence-electron chi connectivity index (χ4n) is 2.92. The molecular weight excluding hydrogens is 353 g/mol. The number of benzene rings is 1. The van der Waals surface area contributed by atoms with Crippen LogP contribution in [0.25, 0.3) is 10.9 Å². The number of halogens is 3. The quantitative estimate of drug-likeness (QED) is 0.726. The molecule has 0 saturated carbocycles. The fraction of sp³-hybridized carbons (Fsp3) is 0.438. The van der Waals surface area contributed by atoms with Gasteiger partial charge in [0.15, 0.2) is 0 Å². The largest absolute Gasteiger partial charge is 0.542 e. The second-order valence-electron chi connectivity index (χ2n) is 6.21. The maximum absolute atomic E-state index is 11.4. The smallest absolute Gasteiger partial charge is 0.430 e. The third-order valence-electron chi connectivity index (χ3n) is 4.15. The molecule has 2 aromatic rings. The van der Waals surface area contributed by atoms with Crippen molar-refractivity contribution in [2.45, 2.75) is 25.1 Å². The molecule has 1 fully saturated rings. The maximum Gasteiger partial charge on any atom is 0.430 e. The topological polar surface area (TPSA) is 105 Å². The Labute approximate surface area is 147 Å². The summed E-state index contributed by atoms with van der Waals surface area (Å²) in [5, 5.41) is 14.4. The van der Waals surface area contributed by atoms with Crippen molar-refractivity contribution in [3.8, 4) is 0 Å². The number of nitrogens with zero attached hydrogens (tertiary/aromatic N) is 2. The predicted octanol–water partition coefficient (Wildman–Crippen LogP) is -0.717. The molecule has 1 amide bonds. The van der Waals surface area contributed by atoms with E-state index in [0.29, 0.717) is 11.6 Å². The lowest BCUT2D eigenvalue weighted by Gasteiger charge is -2.26. The fourth-order valence-corrected chi connectivity index (χ4v) is 2.92. The summed E-state index contributed by atoms with van der Waals surface area (Å²) in [4.78, 5) is 21.7. The Morgan fingerprint density at radius 2 is 2.04 bits per heavy atom. The van der Waals surface area contributed by atoms with Crippen molar-refractivity contribution >= 4 is 22.8 Å². The molecule has 1 aromatic carbocycles. The number of aromatic nitrogens is 2. The molecule has 10 heteroatoms. The first-order valence-electron chi connectivity index (χ1n) is 7.96. The number of nitrogens with one attached hydrogen (secondary N) is 1. The van der Waals surface area contributed by atoms with Crippen molar-refractivity contribution in [2.24, 2.45) is 5.73 Å². The van der Waals surface area contributed by atoms with Crippen LogP contribution in [-0.2, 0) is 4.79 Å². The van der Waals surface area contributed by atoms with E-state index in [1.54, 1.807) is 6.07 Å². The monoisotopic (exact) mass is 372 g/mol. The Bertz CT molecular complexity index is 804. The van der Waals surface area contributed by atoms with E-state index in [1.807, 2.05) is 23.0 Å². The van der Waals surface area contributed by atoms with E-state index in [2.05, 4.69) is 12.1 Å². The molecule has 1 aromatic heterocycles. The van der Waals surface area contributed by atoms with E-state index >= 15 is 0 Å². The summed E-state index contributed by atoms with van der Waals surface area (Å²) in [6, 6.07) is 5.99. The number of aliphatic carboxylic acids is 1. The average Bonchev–Trinajstić information content (AvgIpc) is 2.98. The normalized spacial score (nSPS) is 20.3. The Morgan fingerprint density at radius 3 is 2.58 bits per heavy atom. The van der Waals surface area contributed by atoms with Crippen LogP contribution in [0.5, 0.6) is 0 Å². The zero-order valence-corrected chi connectivity index (χ0v) is 14.0. The van der Waals surface area contributed by atoms with Crippen LogP contribution in [0.3, 0.4) is 0 Å². The molecule has 1 saturated heterocycles. The standard InChI is InChI=1S/C14H18N4O.C2HF3O2/c1-17-7-3-5-11(9-17)18-8-10-4-2-6-12(14(15)19)13(10)16-18;3-2(4,5)1(6)7/h2,4,6,8,11H,3,5,7,9H2,1H3,(H2,15,19);(H,6,7). The molecule has 0 spiro atoms. The Kier molecular flexibility index (Phi) is 5.86. The van der Waals surface area contributed by atoms with Crippen molar-refractivity contribution < 1.29 is 32.8 Å². The molecule has 1 aliphatic heterocycles. The van der Waals surface area contributed by atoms with Gasteiger partial charge in [-0.3, -0.25) is 9.48 Å². The minimum atomic E-state index is -5.19. The summed E-state index contributed by atoms with van der Waals surface area (Å²) >= 11 is 0. The number of carboxylic acids is 1. The molecule has 142 valence electrons.